The summed E-state index contributed by atoms with van der Waals surface area (Å²) in [7, 11) is 0. The van der Waals surface area contributed by atoms with Crippen molar-refractivity contribution in [3.8, 4) is 0 Å². The third kappa shape index (κ3) is 4.32. The van der Waals surface area contributed by atoms with Crippen molar-refractivity contribution in [3.05, 3.63) is 53.9 Å². The minimum Gasteiger partial charge on any atom is -0.379 e. The monoisotopic (exact) mass is 314 g/mol. The highest BCUT2D eigenvalue weighted by Crippen LogP contribution is 2.17. The Morgan fingerprint density at radius 2 is 2.13 bits per heavy atom. The van der Waals surface area contributed by atoms with Gasteiger partial charge in [0.25, 0.3) is 0 Å². The highest BCUT2D eigenvalue weighted by Gasteiger charge is 2.31. The van der Waals surface area contributed by atoms with E-state index in [1.807, 2.05) is 36.0 Å². The molecule has 1 fully saturated rings. The lowest BCUT2D eigenvalue weighted by atomic mass is 10.0. The van der Waals surface area contributed by atoms with Crippen molar-refractivity contribution in [2.75, 3.05) is 13.2 Å². The molecule has 1 aliphatic rings. The van der Waals surface area contributed by atoms with Gasteiger partial charge in [0.05, 0.1) is 18.7 Å². The number of nitrogens with zero attached hydrogens (tertiary/aromatic N) is 2. The molecule has 2 N–H and O–H groups in total. The van der Waals surface area contributed by atoms with E-state index in [9.17, 15) is 4.79 Å². The van der Waals surface area contributed by atoms with Crippen molar-refractivity contribution in [1.29, 1.82) is 0 Å². The van der Waals surface area contributed by atoms with Crippen LogP contribution < -0.4 is 10.6 Å². The van der Waals surface area contributed by atoms with Gasteiger partial charge >= 0.3 is 6.03 Å². The van der Waals surface area contributed by atoms with Gasteiger partial charge in [0.1, 0.15) is 0 Å². The van der Waals surface area contributed by atoms with Crippen molar-refractivity contribution >= 4 is 6.03 Å². The molecule has 1 aromatic carbocycles. The summed E-state index contributed by atoms with van der Waals surface area (Å²) >= 11 is 0. The molecular weight excluding hydrogens is 292 g/mol. The number of rotatable bonds is 5. The van der Waals surface area contributed by atoms with Gasteiger partial charge in [0, 0.05) is 25.5 Å². The van der Waals surface area contributed by atoms with Crippen LogP contribution in [0.2, 0.25) is 0 Å². The summed E-state index contributed by atoms with van der Waals surface area (Å²) in [5.41, 5.74) is 1.99. The molecule has 2 amide bonds. The van der Waals surface area contributed by atoms with Crippen LogP contribution in [-0.4, -0.2) is 34.6 Å². The van der Waals surface area contributed by atoms with Crippen LogP contribution in [0.3, 0.4) is 0 Å². The molecule has 1 aromatic heterocycles. The van der Waals surface area contributed by atoms with Crippen LogP contribution in [0.25, 0.3) is 0 Å². The zero-order valence-electron chi connectivity index (χ0n) is 13.3. The average molecular weight is 314 g/mol. The van der Waals surface area contributed by atoms with E-state index in [1.165, 1.54) is 5.56 Å². The Balaban J connectivity index is 1.47. The van der Waals surface area contributed by atoms with Crippen molar-refractivity contribution in [2.45, 2.75) is 32.0 Å². The van der Waals surface area contributed by atoms with Crippen LogP contribution in [0.15, 0.2) is 42.7 Å². The smallest absolute Gasteiger partial charge is 0.315 e. The summed E-state index contributed by atoms with van der Waals surface area (Å²) in [4.78, 5) is 12.0. The summed E-state index contributed by atoms with van der Waals surface area (Å²) in [6, 6.07) is 9.93. The van der Waals surface area contributed by atoms with Gasteiger partial charge in [-0.25, -0.2) is 4.79 Å². The van der Waals surface area contributed by atoms with Crippen molar-refractivity contribution in [2.24, 2.45) is 0 Å². The molecule has 0 bridgehead atoms. The second-order valence-electron chi connectivity index (χ2n) is 6.19. The number of nitrogens with one attached hydrogen (secondary N) is 2. The number of carbonyl (C=O) groups excluding carboxylic acids is 1. The zero-order valence-corrected chi connectivity index (χ0v) is 13.3. The maximum atomic E-state index is 12.0. The average Bonchev–Trinajstić information content (AvgIpc) is 3.18. The highest BCUT2D eigenvalue weighted by atomic mass is 16.5. The van der Waals surface area contributed by atoms with E-state index in [4.69, 9.17) is 4.74 Å². The van der Waals surface area contributed by atoms with Gasteiger partial charge in [-0.1, -0.05) is 24.3 Å². The van der Waals surface area contributed by atoms with E-state index >= 15 is 0 Å². The molecule has 0 radical (unpaired) electrons. The Morgan fingerprint density at radius 1 is 1.35 bits per heavy atom. The van der Waals surface area contributed by atoms with Crippen LogP contribution in [0.1, 0.15) is 24.5 Å². The lowest BCUT2D eigenvalue weighted by molar-refractivity contribution is 0.170. The Morgan fingerprint density at radius 3 is 2.78 bits per heavy atom. The van der Waals surface area contributed by atoms with Gasteiger partial charge in [-0.2, -0.15) is 5.10 Å². The fourth-order valence-electron chi connectivity index (χ4n) is 2.61. The number of urea groups is 1. The standard InChI is InChI=1S/C17H22N4O2/c1-17(7-10-23-13-17)20-16(22)18-11-14-3-5-15(6-4-14)12-21-9-2-8-19-21/h2-6,8-9H,7,10-13H2,1H3,(H2,18,20,22)/t17-/m0/s1. The predicted molar refractivity (Wildman–Crippen MR) is 87.0 cm³/mol. The van der Waals surface area contributed by atoms with Crippen molar-refractivity contribution in [3.63, 3.8) is 0 Å². The molecule has 1 aliphatic heterocycles. The molecule has 23 heavy (non-hydrogen) atoms. The fourth-order valence-corrected chi connectivity index (χ4v) is 2.61. The van der Waals surface area contributed by atoms with Crippen LogP contribution in [0, 0.1) is 0 Å². The van der Waals surface area contributed by atoms with Crippen LogP contribution >= 0.6 is 0 Å². The molecule has 2 heterocycles. The SMILES string of the molecule is C[C@]1(NC(=O)NCc2ccc(Cn3cccn3)cc2)CCOC1. The quantitative estimate of drug-likeness (QED) is 0.886. The van der Waals surface area contributed by atoms with Gasteiger partial charge in [0.15, 0.2) is 0 Å². The van der Waals surface area contributed by atoms with E-state index in [0.717, 1.165) is 18.5 Å². The third-order valence-corrected chi connectivity index (χ3v) is 4.01. The van der Waals surface area contributed by atoms with Gasteiger partial charge in [-0.05, 0) is 30.5 Å². The molecule has 0 spiro atoms. The molecule has 0 unspecified atom stereocenters. The van der Waals surface area contributed by atoms with Gasteiger partial charge in [-0.15, -0.1) is 0 Å². The zero-order chi connectivity index (χ0) is 16.1. The number of hydrogen-bond donors (Lipinski definition) is 2. The van der Waals surface area contributed by atoms with E-state index in [0.29, 0.717) is 19.8 Å². The van der Waals surface area contributed by atoms with E-state index in [-0.39, 0.29) is 11.6 Å². The molecule has 6 nitrogen and oxygen atoms in total. The van der Waals surface area contributed by atoms with E-state index in [2.05, 4.69) is 27.9 Å². The summed E-state index contributed by atoms with van der Waals surface area (Å²) in [6.45, 7) is 4.53. The van der Waals surface area contributed by atoms with Crippen LogP contribution in [0.4, 0.5) is 4.79 Å². The van der Waals surface area contributed by atoms with Gasteiger partial charge in [0.2, 0.25) is 0 Å². The first-order valence-corrected chi connectivity index (χ1v) is 7.82. The molecule has 2 aromatic rings. The van der Waals surface area contributed by atoms with E-state index in [1.54, 1.807) is 6.20 Å². The first-order chi connectivity index (χ1) is 11.1. The number of benzene rings is 1. The first-order valence-electron chi connectivity index (χ1n) is 7.82. The normalized spacial score (nSPS) is 20.4. The van der Waals surface area contributed by atoms with Crippen LogP contribution in [-0.2, 0) is 17.8 Å². The Bertz CT molecular complexity index is 631. The lowest BCUT2D eigenvalue weighted by Gasteiger charge is -2.23. The molecule has 6 heteroatoms. The highest BCUT2D eigenvalue weighted by molar-refractivity contribution is 5.74. The summed E-state index contributed by atoms with van der Waals surface area (Å²) in [5.74, 6) is 0. The van der Waals surface area contributed by atoms with E-state index < -0.39 is 0 Å². The number of amides is 2. The molecule has 122 valence electrons. The Kier molecular flexibility index (Phi) is 4.62. The second kappa shape index (κ2) is 6.83. The topological polar surface area (TPSA) is 68.2 Å². The number of aromatic nitrogens is 2. The van der Waals surface area contributed by atoms with Crippen molar-refractivity contribution < 1.29 is 9.53 Å². The summed E-state index contributed by atoms with van der Waals surface area (Å²) in [5, 5.41) is 10.1. The fraction of sp³-hybridized carbons (Fsp3) is 0.412. The number of ether oxygens (including phenoxy) is 1. The molecule has 3 rings (SSSR count). The first kappa shape index (κ1) is 15.6. The molecule has 1 atom stereocenters. The summed E-state index contributed by atoms with van der Waals surface area (Å²) in [6.07, 6.45) is 4.56. The second-order valence-corrected chi connectivity index (χ2v) is 6.19. The maximum Gasteiger partial charge on any atom is 0.315 e. The Labute approximate surface area is 135 Å². The summed E-state index contributed by atoms with van der Waals surface area (Å²) < 4.78 is 7.21. The van der Waals surface area contributed by atoms with Crippen LogP contribution in [0.5, 0.6) is 0 Å². The minimum atomic E-state index is -0.252. The largest absolute Gasteiger partial charge is 0.379 e. The maximum absolute atomic E-state index is 12.0. The number of hydrogen-bond acceptors (Lipinski definition) is 3. The third-order valence-electron chi connectivity index (χ3n) is 4.01. The minimum absolute atomic E-state index is 0.154. The molecular formula is C17H22N4O2. The number of carbonyl (C=O) groups is 1. The predicted octanol–water partition coefficient (Wildman–Crippen LogP) is 1.91. The molecule has 0 saturated carbocycles. The lowest BCUT2D eigenvalue weighted by Crippen LogP contribution is -2.50. The Hall–Kier alpha value is -2.34. The van der Waals surface area contributed by atoms with Crippen molar-refractivity contribution in [1.82, 2.24) is 20.4 Å². The molecule has 1 saturated heterocycles. The molecule has 0 aliphatic carbocycles. The van der Waals surface area contributed by atoms with Gasteiger partial charge in [-0.3, -0.25) is 4.68 Å². The van der Waals surface area contributed by atoms with Gasteiger partial charge < -0.3 is 15.4 Å².